The number of hydrogen-bond donors (Lipinski definition) is 1. The predicted molar refractivity (Wildman–Crippen MR) is 62.7 cm³/mol. The van der Waals surface area contributed by atoms with Gasteiger partial charge in [-0.3, -0.25) is 4.68 Å². The van der Waals surface area contributed by atoms with Gasteiger partial charge in [-0.15, -0.1) is 5.10 Å². The lowest BCUT2D eigenvalue weighted by Gasteiger charge is -2.07. The monoisotopic (exact) mass is 216 g/mol. The normalized spacial score (nSPS) is 10.6. The van der Waals surface area contributed by atoms with Crippen molar-refractivity contribution < 1.29 is 0 Å². The Morgan fingerprint density at radius 1 is 1.25 bits per heavy atom. The van der Waals surface area contributed by atoms with Gasteiger partial charge >= 0.3 is 0 Å². The number of benzene rings is 1. The number of hydrogen-bond acceptors (Lipinski definition) is 3. The van der Waals surface area contributed by atoms with Gasteiger partial charge in [0.05, 0.1) is 11.9 Å². The molecule has 0 unspecified atom stereocenters. The zero-order valence-electron chi connectivity index (χ0n) is 9.64. The Labute approximate surface area is 95.3 Å². The summed E-state index contributed by atoms with van der Waals surface area (Å²) in [5.41, 5.74) is 3.74. The smallest absolute Gasteiger partial charge is 0.0738 e. The topological polar surface area (TPSA) is 42.7 Å². The summed E-state index contributed by atoms with van der Waals surface area (Å²) in [7, 11) is 1.90. The lowest BCUT2D eigenvalue weighted by atomic mass is 10.1. The van der Waals surface area contributed by atoms with Crippen molar-refractivity contribution in [3.05, 3.63) is 47.3 Å². The molecule has 0 fully saturated rings. The Morgan fingerprint density at radius 2 is 2.06 bits per heavy atom. The first-order chi connectivity index (χ1) is 7.77. The van der Waals surface area contributed by atoms with Crippen LogP contribution in [-0.4, -0.2) is 15.0 Å². The van der Waals surface area contributed by atoms with Gasteiger partial charge in [-0.2, -0.15) is 0 Å². The molecule has 0 saturated carbocycles. The molecule has 1 aromatic heterocycles. The maximum Gasteiger partial charge on any atom is 0.0738 e. The average Bonchev–Trinajstić information content (AvgIpc) is 2.67. The largest absolute Gasteiger partial charge is 0.307 e. The average molecular weight is 216 g/mol. The molecule has 1 heterocycles. The minimum absolute atomic E-state index is 0.790. The summed E-state index contributed by atoms with van der Waals surface area (Å²) in [6.07, 6.45) is 1.78. The van der Waals surface area contributed by atoms with Crippen LogP contribution in [0, 0.1) is 6.92 Å². The van der Waals surface area contributed by atoms with Gasteiger partial charge in [-0.05, 0) is 18.1 Å². The van der Waals surface area contributed by atoms with Crippen LogP contribution >= 0.6 is 0 Å². The molecule has 0 spiro atoms. The van der Waals surface area contributed by atoms with Gasteiger partial charge < -0.3 is 5.32 Å². The van der Waals surface area contributed by atoms with Gasteiger partial charge in [0.15, 0.2) is 0 Å². The highest BCUT2D eigenvalue weighted by Crippen LogP contribution is 2.06. The Morgan fingerprint density at radius 3 is 2.75 bits per heavy atom. The van der Waals surface area contributed by atoms with Crippen molar-refractivity contribution in [3.63, 3.8) is 0 Å². The Hall–Kier alpha value is -1.68. The van der Waals surface area contributed by atoms with Gasteiger partial charge in [-0.25, -0.2) is 0 Å². The molecule has 4 heteroatoms. The fourth-order valence-electron chi connectivity index (χ4n) is 1.60. The van der Waals surface area contributed by atoms with E-state index in [0.29, 0.717) is 0 Å². The van der Waals surface area contributed by atoms with E-state index in [1.165, 1.54) is 11.1 Å². The number of aromatic nitrogens is 3. The molecular formula is C12H16N4. The SMILES string of the molecule is Cc1ccccc1CNCc1cnnn1C. The molecule has 0 bridgehead atoms. The summed E-state index contributed by atoms with van der Waals surface area (Å²) < 4.78 is 1.78. The maximum atomic E-state index is 3.89. The molecule has 0 aliphatic heterocycles. The highest BCUT2D eigenvalue weighted by atomic mass is 15.4. The van der Waals surface area contributed by atoms with E-state index < -0.39 is 0 Å². The van der Waals surface area contributed by atoms with Gasteiger partial charge in [0.2, 0.25) is 0 Å². The second kappa shape index (κ2) is 4.90. The van der Waals surface area contributed by atoms with Gasteiger partial charge in [0.1, 0.15) is 0 Å². The molecule has 84 valence electrons. The van der Waals surface area contributed by atoms with Crippen molar-refractivity contribution in [1.82, 2.24) is 20.3 Å². The van der Waals surface area contributed by atoms with Crippen molar-refractivity contribution >= 4 is 0 Å². The Bertz CT molecular complexity index is 462. The first-order valence-corrected chi connectivity index (χ1v) is 5.36. The quantitative estimate of drug-likeness (QED) is 0.840. The van der Waals surface area contributed by atoms with E-state index in [-0.39, 0.29) is 0 Å². The highest BCUT2D eigenvalue weighted by Gasteiger charge is 2.00. The van der Waals surface area contributed by atoms with E-state index in [9.17, 15) is 0 Å². The summed E-state index contributed by atoms with van der Waals surface area (Å²) in [6.45, 7) is 3.79. The zero-order chi connectivity index (χ0) is 11.4. The molecule has 0 aliphatic carbocycles. The molecule has 16 heavy (non-hydrogen) atoms. The van der Waals surface area contributed by atoms with Crippen LogP contribution < -0.4 is 5.32 Å². The van der Waals surface area contributed by atoms with Crippen molar-refractivity contribution in [2.45, 2.75) is 20.0 Å². The van der Waals surface area contributed by atoms with Crippen molar-refractivity contribution in [3.8, 4) is 0 Å². The molecule has 0 aliphatic rings. The standard InChI is InChI=1S/C12H16N4/c1-10-5-3-4-6-11(10)7-13-8-12-9-14-15-16(12)2/h3-6,9,13H,7-8H2,1-2H3. The number of nitrogens with zero attached hydrogens (tertiary/aromatic N) is 3. The van der Waals surface area contributed by atoms with Crippen LogP contribution in [-0.2, 0) is 20.1 Å². The third-order valence-corrected chi connectivity index (χ3v) is 2.69. The number of nitrogens with one attached hydrogen (secondary N) is 1. The first-order valence-electron chi connectivity index (χ1n) is 5.36. The van der Waals surface area contributed by atoms with Gasteiger partial charge in [-0.1, -0.05) is 29.5 Å². The van der Waals surface area contributed by atoms with Crippen molar-refractivity contribution in [2.75, 3.05) is 0 Å². The molecule has 2 aromatic rings. The third-order valence-electron chi connectivity index (χ3n) is 2.69. The molecule has 0 radical (unpaired) electrons. The molecule has 0 amide bonds. The van der Waals surface area contributed by atoms with Crippen LogP contribution in [0.1, 0.15) is 16.8 Å². The molecule has 2 rings (SSSR count). The first kappa shape index (κ1) is 10.8. The molecule has 1 N–H and O–H groups in total. The van der Waals surface area contributed by atoms with Crippen LogP contribution in [0.3, 0.4) is 0 Å². The van der Waals surface area contributed by atoms with Gasteiger partial charge in [0.25, 0.3) is 0 Å². The number of aryl methyl sites for hydroxylation is 2. The number of rotatable bonds is 4. The second-order valence-corrected chi connectivity index (χ2v) is 3.88. The van der Waals surface area contributed by atoms with E-state index in [1.54, 1.807) is 10.9 Å². The Balaban J connectivity index is 1.89. The van der Waals surface area contributed by atoms with Crippen LogP contribution in [0.15, 0.2) is 30.5 Å². The van der Waals surface area contributed by atoms with E-state index in [1.807, 2.05) is 7.05 Å². The summed E-state index contributed by atoms with van der Waals surface area (Å²) in [5, 5.41) is 11.1. The predicted octanol–water partition coefficient (Wildman–Crippen LogP) is 1.41. The van der Waals surface area contributed by atoms with Crippen LogP contribution in [0.4, 0.5) is 0 Å². The highest BCUT2D eigenvalue weighted by molar-refractivity contribution is 5.25. The lowest BCUT2D eigenvalue weighted by Crippen LogP contribution is -2.15. The second-order valence-electron chi connectivity index (χ2n) is 3.88. The summed E-state index contributed by atoms with van der Waals surface area (Å²) in [6, 6.07) is 8.39. The summed E-state index contributed by atoms with van der Waals surface area (Å²) in [4.78, 5) is 0. The van der Waals surface area contributed by atoms with Crippen LogP contribution in [0.2, 0.25) is 0 Å². The van der Waals surface area contributed by atoms with E-state index in [0.717, 1.165) is 18.8 Å². The maximum absolute atomic E-state index is 3.89. The molecule has 0 saturated heterocycles. The molecule has 4 nitrogen and oxygen atoms in total. The zero-order valence-corrected chi connectivity index (χ0v) is 9.64. The van der Waals surface area contributed by atoms with Crippen molar-refractivity contribution in [2.24, 2.45) is 7.05 Å². The van der Waals surface area contributed by atoms with Crippen LogP contribution in [0.5, 0.6) is 0 Å². The van der Waals surface area contributed by atoms with E-state index >= 15 is 0 Å². The molecule has 1 aromatic carbocycles. The molecule has 0 atom stereocenters. The third kappa shape index (κ3) is 2.46. The minimum atomic E-state index is 0.790. The molecular weight excluding hydrogens is 200 g/mol. The Kier molecular flexibility index (Phi) is 3.31. The van der Waals surface area contributed by atoms with Crippen LogP contribution in [0.25, 0.3) is 0 Å². The fourth-order valence-corrected chi connectivity index (χ4v) is 1.60. The van der Waals surface area contributed by atoms with E-state index in [2.05, 4.69) is 46.8 Å². The summed E-state index contributed by atoms with van der Waals surface area (Å²) in [5.74, 6) is 0. The lowest BCUT2D eigenvalue weighted by molar-refractivity contribution is 0.616. The fraction of sp³-hybridized carbons (Fsp3) is 0.333. The van der Waals surface area contributed by atoms with Crippen molar-refractivity contribution in [1.29, 1.82) is 0 Å². The summed E-state index contributed by atoms with van der Waals surface area (Å²) >= 11 is 0. The minimum Gasteiger partial charge on any atom is -0.307 e. The van der Waals surface area contributed by atoms with E-state index in [4.69, 9.17) is 0 Å². The van der Waals surface area contributed by atoms with Gasteiger partial charge in [0, 0.05) is 20.1 Å².